The number of fused-ring (bicyclic) bond motifs is 2. The molecule has 0 spiro atoms. The Kier molecular flexibility index (Phi) is 9.06. The Labute approximate surface area is 320 Å². The standard InChI is InChI=1S/C34H23N2S.C12H10N.Ir/c1-23-20-27(24-12-4-2-5-13-24)33(28(21-23)25-14-6-3-7-15-25)36-31-18-10-9-17-30(31)35-34(36)29-22-37-32-19-11-8-16-26(29)32;1-10-7-8-12(13-9-10)11-5-3-2-4-6-11;/h2-21H,1H3;2-5,7-9H,1H3;/q2*-1;/i;1D3;. The van der Waals surface area contributed by atoms with Crippen molar-refractivity contribution in [2.24, 2.45) is 0 Å². The molecule has 0 bridgehead atoms. The zero-order valence-corrected chi connectivity index (χ0v) is 30.9. The first-order chi connectivity index (χ1) is 25.8. The second kappa shape index (κ2) is 15.2. The smallest absolute Gasteiger partial charge is 0.0774 e. The number of pyridine rings is 1. The Hall–Kier alpha value is -5.45. The number of nitrogens with zero attached hydrogens (tertiary/aromatic N) is 3. The molecule has 0 unspecified atom stereocenters. The average molecular weight is 855 g/mol. The Morgan fingerprint density at radius 3 is 2.02 bits per heavy atom. The van der Waals surface area contributed by atoms with Crippen LogP contribution in [0.25, 0.3) is 71.7 Å². The molecule has 3 heterocycles. The van der Waals surface area contributed by atoms with Crippen LogP contribution in [0.15, 0.2) is 164 Å². The van der Waals surface area contributed by atoms with Crippen molar-refractivity contribution < 1.29 is 24.2 Å². The van der Waals surface area contributed by atoms with Crippen molar-refractivity contribution in [1.29, 1.82) is 0 Å². The van der Waals surface area contributed by atoms with Gasteiger partial charge in [0.1, 0.15) is 0 Å². The Bertz CT molecular complexity index is 2590. The number of thiophene rings is 1. The van der Waals surface area contributed by atoms with E-state index in [2.05, 4.69) is 149 Å². The van der Waals surface area contributed by atoms with E-state index in [0.717, 1.165) is 39.4 Å². The largest absolute Gasteiger partial charge is 0.332 e. The average Bonchev–Trinajstić information content (AvgIpc) is 3.80. The summed E-state index contributed by atoms with van der Waals surface area (Å²) in [5.41, 5.74) is 12.0. The molecule has 0 aliphatic heterocycles. The third-order valence-corrected chi connectivity index (χ3v) is 9.48. The number of rotatable bonds is 5. The van der Waals surface area contributed by atoms with Crippen molar-refractivity contribution in [3.63, 3.8) is 0 Å². The van der Waals surface area contributed by atoms with Crippen LogP contribution in [0, 0.1) is 25.2 Å². The van der Waals surface area contributed by atoms with E-state index in [1.54, 1.807) is 29.5 Å². The zero-order valence-electron chi connectivity index (χ0n) is 30.7. The van der Waals surface area contributed by atoms with Crippen molar-refractivity contribution in [2.45, 2.75) is 13.8 Å². The van der Waals surface area contributed by atoms with Crippen molar-refractivity contribution in [1.82, 2.24) is 14.5 Å². The van der Waals surface area contributed by atoms with Gasteiger partial charge in [0, 0.05) is 41.5 Å². The van der Waals surface area contributed by atoms with Crippen LogP contribution in [-0.4, -0.2) is 14.5 Å². The predicted molar refractivity (Wildman–Crippen MR) is 210 cm³/mol. The van der Waals surface area contributed by atoms with E-state index >= 15 is 0 Å². The van der Waals surface area contributed by atoms with Crippen LogP contribution in [0.5, 0.6) is 0 Å². The van der Waals surface area contributed by atoms with Crippen LogP contribution >= 0.6 is 11.3 Å². The number of aromatic nitrogens is 3. The molecule has 0 atom stereocenters. The van der Waals surface area contributed by atoms with Gasteiger partial charge in [0.15, 0.2) is 0 Å². The van der Waals surface area contributed by atoms with E-state index in [-0.39, 0.29) is 25.7 Å². The number of hydrogen-bond acceptors (Lipinski definition) is 3. The van der Waals surface area contributed by atoms with E-state index in [4.69, 9.17) is 9.10 Å². The summed E-state index contributed by atoms with van der Waals surface area (Å²) in [5.74, 6) is 0.914. The zero-order chi connectivity index (χ0) is 36.4. The third kappa shape index (κ3) is 6.97. The summed E-state index contributed by atoms with van der Waals surface area (Å²) in [6.07, 6.45) is 1.39. The van der Waals surface area contributed by atoms with Gasteiger partial charge in [-0.1, -0.05) is 119 Å². The molecule has 0 saturated carbocycles. The van der Waals surface area contributed by atoms with Crippen LogP contribution in [0.1, 0.15) is 15.2 Å². The van der Waals surface area contributed by atoms with Gasteiger partial charge in [-0.2, -0.15) is 0 Å². The van der Waals surface area contributed by atoms with Crippen molar-refractivity contribution in [3.8, 4) is 50.6 Å². The maximum atomic E-state index is 7.23. The monoisotopic (exact) mass is 855 g/mol. The summed E-state index contributed by atoms with van der Waals surface area (Å²) in [6.45, 7) is 0.0850. The minimum absolute atomic E-state index is 0. The molecule has 0 fully saturated rings. The Morgan fingerprint density at radius 2 is 1.35 bits per heavy atom. The van der Waals surface area contributed by atoms with Gasteiger partial charge in [0.2, 0.25) is 0 Å². The van der Waals surface area contributed by atoms with Crippen molar-refractivity contribution in [2.75, 3.05) is 0 Å². The Balaban J connectivity index is 0.000000223. The number of para-hydroxylation sites is 2. The molecular weight excluding hydrogens is 819 g/mol. The normalized spacial score (nSPS) is 11.9. The minimum Gasteiger partial charge on any atom is -0.332 e. The van der Waals surface area contributed by atoms with Gasteiger partial charge < -0.3 is 9.55 Å². The number of imidazole rings is 1. The van der Waals surface area contributed by atoms with Crippen LogP contribution in [0.2, 0.25) is 0 Å². The second-order valence-corrected chi connectivity index (χ2v) is 12.8. The fourth-order valence-corrected chi connectivity index (χ4v) is 7.15. The predicted octanol–water partition coefficient (Wildman–Crippen LogP) is 12.2. The molecule has 0 saturated heterocycles. The van der Waals surface area contributed by atoms with Crippen LogP contribution in [-0.2, 0) is 20.1 Å². The molecular formula is C46H33IrN3S-2. The van der Waals surface area contributed by atoms with Crippen molar-refractivity contribution in [3.05, 3.63) is 186 Å². The number of benzene rings is 6. The number of hydrogen-bond donors (Lipinski definition) is 0. The Morgan fingerprint density at radius 1 is 0.686 bits per heavy atom. The molecule has 249 valence electrons. The van der Waals surface area contributed by atoms with Gasteiger partial charge in [0.05, 0.1) is 22.5 Å². The number of aryl methyl sites for hydroxylation is 2. The molecule has 6 aromatic carbocycles. The molecule has 0 aliphatic rings. The van der Waals surface area contributed by atoms with E-state index in [0.29, 0.717) is 0 Å². The molecule has 3 nitrogen and oxygen atoms in total. The van der Waals surface area contributed by atoms with Crippen LogP contribution in [0.4, 0.5) is 0 Å². The molecule has 3 aromatic heterocycles. The molecule has 1 radical (unpaired) electrons. The van der Waals surface area contributed by atoms with Crippen LogP contribution < -0.4 is 0 Å². The molecule has 51 heavy (non-hydrogen) atoms. The summed E-state index contributed by atoms with van der Waals surface area (Å²) in [7, 11) is 0. The van der Waals surface area contributed by atoms with Gasteiger partial charge in [-0.25, -0.2) is 0 Å². The summed E-state index contributed by atoms with van der Waals surface area (Å²) in [5, 5.41) is 4.77. The molecule has 5 heteroatoms. The van der Waals surface area contributed by atoms with E-state index in [1.165, 1.54) is 44.1 Å². The summed E-state index contributed by atoms with van der Waals surface area (Å²) < 4.78 is 25.3. The minimum atomic E-state index is -2.09. The first-order valence-corrected chi connectivity index (χ1v) is 17.2. The molecule has 9 rings (SSSR count). The SMILES string of the molecule is Cc1cc(-c2ccccc2)c(-n2c(-c3[c-]sc4ccccc34)nc3ccccc32)c(-c2ccccc2)c1.[2H]C([2H])([2H])c1ccc(-c2[c-]cccc2)nc1.[Ir]. The molecule has 0 N–H and O–H groups in total. The maximum Gasteiger partial charge on any atom is 0.0774 e. The van der Waals surface area contributed by atoms with Crippen molar-refractivity contribution >= 4 is 32.5 Å². The van der Waals surface area contributed by atoms with Gasteiger partial charge in [-0.05, 0) is 66.0 Å². The second-order valence-electron chi connectivity index (χ2n) is 12.0. The van der Waals surface area contributed by atoms with Gasteiger partial charge in [-0.15, -0.1) is 47.3 Å². The van der Waals surface area contributed by atoms with Gasteiger partial charge >= 0.3 is 0 Å². The third-order valence-electron chi connectivity index (χ3n) is 8.60. The molecule has 0 amide bonds. The summed E-state index contributed by atoms with van der Waals surface area (Å²) >= 11 is 1.65. The first-order valence-electron chi connectivity index (χ1n) is 17.9. The van der Waals surface area contributed by atoms with Gasteiger partial charge in [-0.3, -0.25) is 16.3 Å². The van der Waals surface area contributed by atoms with Crippen LogP contribution in [0.3, 0.4) is 0 Å². The molecule has 0 aliphatic carbocycles. The van der Waals surface area contributed by atoms with E-state index in [9.17, 15) is 0 Å². The maximum absolute atomic E-state index is 7.23. The van der Waals surface area contributed by atoms with Gasteiger partial charge in [0.25, 0.3) is 0 Å². The first kappa shape index (κ1) is 30.4. The fraction of sp³-hybridized carbons (Fsp3) is 0.0435. The topological polar surface area (TPSA) is 30.7 Å². The molecule has 9 aromatic rings. The summed E-state index contributed by atoms with van der Waals surface area (Å²) in [4.78, 5) is 9.34. The quantitative estimate of drug-likeness (QED) is 0.162. The fourth-order valence-electron chi connectivity index (χ4n) is 6.31. The van der Waals surface area contributed by atoms with E-state index in [1.807, 2.05) is 18.2 Å². The van der Waals surface area contributed by atoms with E-state index < -0.39 is 6.85 Å². The summed E-state index contributed by atoms with van der Waals surface area (Å²) in [6, 6.07) is 56.6.